The lowest BCUT2D eigenvalue weighted by Gasteiger charge is -2.32. The van der Waals surface area contributed by atoms with E-state index in [1.54, 1.807) is 37.3 Å². The third kappa shape index (κ3) is 8.62. The van der Waals surface area contributed by atoms with Gasteiger partial charge >= 0.3 is 0 Å². The summed E-state index contributed by atoms with van der Waals surface area (Å²) in [7, 11) is -3.81. The number of anilines is 1. The van der Waals surface area contributed by atoms with Crippen LogP contribution in [0.3, 0.4) is 0 Å². The minimum Gasteiger partial charge on any atom is -0.352 e. The van der Waals surface area contributed by atoms with Crippen molar-refractivity contribution < 1.29 is 18.0 Å². The van der Waals surface area contributed by atoms with E-state index in [0.29, 0.717) is 21.3 Å². The van der Waals surface area contributed by atoms with E-state index in [4.69, 9.17) is 23.2 Å². The average molecular weight is 571 g/mol. The van der Waals surface area contributed by atoms with Crippen LogP contribution in [0.25, 0.3) is 0 Å². The van der Waals surface area contributed by atoms with E-state index in [1.165, 1.54) is 4.90 Å². The maximum Gasteiger partial charge on any atom is 0.244 e. The Bertz CT molecular complexity index is 1210. The van der Waals surface area contributed by atoms with Gasteiger partial charge in [0.1, 0.15) is 12.6 Å². The number of sulfonamides is 1. The van der Waals surface area contributed by atoms with Crippen LogP contribution < -0.4 is 9.62 Å². The fourth-order valence-corrected chi connectivity index (χ4v) is 4.94. The number of nitrogens with one attached hydrogen (secondary N) is 1. The largest absolute Gasteiger partial charge is 0.352 e. The summed E-state index contributed by atoms with van der Waals surface area (Å²) < 4.78 is 26.6. The van der Waals surface area contributed by atoms with Gasteiger partial charge in [-0.3, -0.25) is 13.9 Å². The molecule has 0 saturated heterocycles. The Morgan fingerprint density at radius 1 is 1.03 bits per heavy atom. The zero-order chi connectivity index (χ0) is 28.1. The van der Waals surface area contributed by atoms with Crippen molar-refractivity contribution in [2.75, 3.05) is 17.1 Å². The number of amides is 2. The molecule has 2 rings (SSSR count). The van der Waals surface area contributed by atoms with Crippen molar-refractivity contribution in [3.05, 3.63) is 63.6 Å². The van der Waals surface area contributed by atoms with Crippen LogP contribution in [0.1, 0.15) is 59.1 Å². The van der Waals surface area contributed by atoms with E-state index >= 15 is 0 Å². The van der Waals surface area contributed by atoms with Gasteiger partial charge in [0.15, 0.2) is 0 Å². The molecule has 7 nitrogen and oxygen atoms in total. The lowest BCUT2D eigenvalue weighted by Crippen LogP contribution is -2.52. The molecule has 2 amide bonds. The molecule has 2 aromatic rings. The molecule has 0 aliphatic carbocycles. The average Bonchev–Trinajstić information content (AvgIpc) is 2.80. The molecule has 0 aliphatic heterocycles. The summed E-state index contributed by atoms with van der Waals surface area (Å²) in [6.07, 6.45) is 1.78. The molecule has 10 heteroatoms. The first kappa shape index (κ1) is 30.9. The van der Waals surface area contributed by atoms with Gasteiger partial charge in [-0.1, -0.05) is 69.1 Å². The molecular weight excluding hydrogens is 533 g/mol. The predicted octanol–water partition coefficient (Wildman–Crippen LogP) is 5.39. The molecule has 0 spiro atoms. The smallest absolute Gasteiger partial charge is 0.244 e. The minimum atomic E-state index is -3.81. The van der Waals surface area contributed by atoms with Gasteiger partial charge < -0.3 is 10.2 Å². The van der Waals surface area contributed by atoms with E-state index in [9.17, 15) is 18.0 Å². The number of hydrogen-bond donors (Lipinski definition) is 1. The summed E-state index contributed by atoms with van der Waals surface area (Å²) in [5.41, 5.74) is 1.87. The molecule has 1 N–H and O–H groups in total. The van der Waals surface area contributed by atoms with Crippen LogP contribution in [-0.2, 0) is 31.6 Å². The Morgan fingerprint density at radius 3 is 2.11 bits per heavy atom. The first-order chi connectivity index (χ1) is 17.0. The Labute approximate surface area is 231 Å². The van der Waals surface area contributed by atoms with E-state index in [-0.39, 0.29) is 23.9 Å². The molecular formula is C27H37Cl2N3O4S. The van der Waals surface area contributed by atoms with Crippen molar-refractivity contribution in [3.8, 4) is 0 Å². The van der Waals surface area contributed by atoms with Crippen molar-refractivity contribution >= 4 is 50.7 Å². The molecule has 0 heterocycles. The molecule has 0 aliphatic rings. The van der Waals surface area contributed by atoms with Crippen LogP contribution in [0.2, 0.25) is 10.0 Å². The summed E-state index contributed by atoms with van der Waals surface area (Å²) in [5, 5.41) is 3.68. The molecule has 0 radical (unpaired) electrons. The molecule has 0 unspecified atom stereocenters. The Balaban J connectivity index is 2.43. The van der Waals surface area contributed by atoms with Crippen molar-refractivity contribution in [3.63, 3.8) is 0 Å². The van der Waals surface area contributed by atoms with Crippen molar-refractivity contribution in [1.82, 2.24) is 10.2 Å². The van der Waals surface area contributed by atoms with Crippen LogP contribution >= 0.6 is 23.2 Å². The summed E-state index contributed by atoms with van der Waals surface area (Å²) in [6.45, 7) is 11.1. The number of benzene rings is 2. The molecule has 0 fully saturated rings. The number of carbonyl (C=O) groups is 2. The lowest BCUT2D eigenvalue weighted by molar-refractivity contribution is -0.139. The molecule has 37 heavy (non-hydrogen) atoms. The highest BCUT2D eigenvalue weighted by Crippen LogP contribution is 2.27. The summed E-state index contributed by atoms with van der Waals surface area (Å²) >= 11 is 12.4. The molecule has 0 bridgehead atoms. The summed E-state index contributed by atoms with van der Waals surface area (Å²) in [5.74, 6) is -0.878. The predicted molar refractivity (Wildman–Crippen MR) is 152 cm³/mol. The second-order valence-corrected chi connectivity index (χ2v) is 13.1. The SMILES string of the molecule is CC[C@@H](C)NC(=O)[C@@H](C)N(Cc1ccc(Cl)cc1Cl)C(=O)CN(c1ccc(C(C)(C)C)cc1)S(C)(=O)=O. The highest BCUT2D eigenvalue weighted by molar-refractivity contribution is 7.92. The fraction of sp³-hybridized carbons (Fsp3) is 0.481. The van der Waals surface area contributed by atoms with Crippen molar-refractivity contribution in [2.45, 2.75) is 72.0 Å². The van der Waals surface area contributed by atoms with Gasteiger partial charge in [-0.25, -0.2) is 8.42 Å². The first-order valence-electron chi connectivity index (χ1n) is 12.2. The second-order valence-electron chi connectivity index (χ2n) is 10.3. The standard InChI is InChI=1S/C27H37Cl2N3O4S/c1-8-18(2)30-26(34)19(3)31(16-20-9-12-22(28)15-24(20)29)25(33)17-32(37(7,35)36)23-13-10-21(11-14-23)27(4,5)6/h9-15,18-19H,8,16-17H2,1-7H3,(H,30,34)/t18-,19-/m1/s1. The van der Waals surface area contributed by atoms with E-state index in [0.717, 1.165) is 22.5 Å². The van der Waals surface area contributed by atoms with E-state index in [1.807, 2.05) is 26.0 Å². The van der Waals surface area contributed by atoms with Crippen LogP contribution in [0.15, 0.2) is 42.5 Å². The van der Waals surface area contributed by atoms with Gasteiger partial charge in [0, 0.05) is 22.6 Å². The zero-order valence-electron chi connectivity index (χ0n) is 22.5. The normalized spacial score (nSPS) is 13.5. The zero-order valence-corrected chi connectivity index (χ0v) is 24.8. The van der Waals surface area contributed by atoms with Gasteiger partial charge in [-0.2, -0.15) is 0 Å². The maximum absolute atomic E-state index is 13.7. The van der Waals surface area contributed by atoms with E-state index < -0.39 is 28.5 Å². The van der Waals surface area contributed by atoms with Gasteiger partial charge in [0.25, 0.3) is 0 Å². The summed E-state index contributed by atoms with van der Waals surface area (Å²) in [4.78, 5) is 28.0. The second kappa shape index (κ2) is 12.5. The third-order valence-electron chi connectivity index (χ3n) is 6.22. The van der Waals surface area contributed by atoms with Crippen LogP contribution in [0, 0.1) is 0 Å². The Kier molecular flexibility index (Phi) is 10.5. The van der Waals surface area contributed by atoms with Crippen LogP contribution in [0.5, 0.6) is 0 Å². The van der Waals surface area contributed by atoms with Gasteiger partial charge in [0.05, 0.1) is 11.9 Å². The quantitative estimate of drug-likeness (QED) is 0.415. The maximum atomic E-state index is 13.7. The summed E-state index contributed by atoms with van der Waals surface area (Å²) in [6, 6.07) is 11.0. The highest BCUT2D eigenvalue weighted by atomic mass is 35.5. The van der Waals surface area contributed by atoms with Crippen molar-refractivity contribution in [2.24, 2.45) is 0 Å². The number of hydrogen-bond acceptors (Lipinski definition) is 4. The monoisotopic (exact) mass is 569 g/mol. The van der Waals surface area contributed by atoms with Crippen LogP contribution in [-0.4, -0.2) is 50.0 Å². The van der Waals surface area contributed by atoms with Crippen molar-refractivity contribution in [1.29, 1.82) is 0 Å². The third-order valence-corrected chi connectivity index (χ3v) is 7.95. The molecule has 0 aromatic heterocycles. The minimum absolute atomic E-state index is 0.00446. The molecule has 204 valence electrons. The first-order valence-corrected chi connectivity index (χ1v) is 14.8. The molecule has 2 aromatic carbocycles. The number of halogens is 2. The lowest BCUT2D eigenvalue weighted by atomic mass is 9.87. The van der Waals surface area contributed by atoms with Gasteiger partial charge in [-0.05, 0) is 61.1 Å². The fourth-order valence-electron chi connectivity index (χ4n) is 3.62. The number of nitrogens with zero attached hydrogens (tertiary/aromatic N) is 2. The molecule has 0 saturated carbocycles. The van der Waals surface area contributed by atoms with Gasteiger partial charge in [-0.15, -0.1) is 0 Å². The van der Waals surface area contributed by atoms with Crippen LogP contribution in [0.4, 0.5) is 5.69 Å². The molecule has 2 atom stereocenters. The Hall–Kier alpha value is -2.29. The Morgan fingerprint density at radius 2 is 1.62 bits per heavy atom. The topological polar surface area (TPSA) is 86.8 Å². The van der Waals surface area contributed by atoms with Gasteiger partial charge in [0.2, 0.25) is 21.8 Å². The number of carbonyl (C=O) groups excluding carboxylic acids is 2. The van der Waals surface area contributed by atoms with E-state index in [2.05, 4.69) is 26.1 Å². The highest BCUT2D eigenvalue weighted by Gasteiger charge is 2.31. The number of rotatable bonds is 10.